The maximum atomic E-state index is 14.1. The number of carbonyl (C=O) groups excluding carboxylic acids is 1. The monoisotopic (exact) mass is 472 g/mol. The SMILES string of the molecule is Cc1ccc(C2(C(=O)N3CCCC(c4cccc(Cc5ccc(F)cc5)n4)C3)CCOCC2)cc1. The Bertz CT molecular complexity index is 1150. The van der Waals surface area contributed by atoms with E-state index < -0.39 is 5.41 Å². The zero-order chi connectivity index (χ0) is 24.3. The first-order valence-corrected chi connectivity index (χ1v) is 12.7. The van der Waals surface area contributed by atoms with Crippen molar-refractivity contribution >= 4 is 5.91 Å². The van der Waals surface area contributed by atoms with E-state index in [4.69, 9.17) is 9.72 Å². The zero-order valence-electron chi connectivity index (χ0n) is 20.4. The van der Waals surface area contributed by atoms with Crippen molar-refractivity contribution in [2.24, 2.45) is 0 Å². The number of carbonyl (C=O) groups is 1. The van der Waals surface area contributed by atoms with Gasteiger partial charge in [-0.3, -0.25) is 9.78 Å². The lowest BCUT2D eigenvalue weighted by atomic mass is 9.72. The minimum absolute atomic E-state index is 0.218. The molecule has 0 radical (unpaired) electrons. The van der Waals surface area contributed by atoms with Gasteiger partial charge in [0.2, 0.25) is 5.91 Å². The highest BCUT2D eigenvalue weighted by Crippen LogP contribution is 2.39. The van der Waals surface area contributed by atoms with Gasteiger partial charge in [-0.25, -0.2) is 4.39 Å². The van der Waals surface area contributed by atoms with Gasteiger partial charge in [-0.05, 0) is 68.0 Å². The standard InChI is InChI=1S/C30H33FN2O2/c1-22-7-11-25(12-8-22)30(15-18-35-19-16-30)29(34)33-17-3-4-24(21-33)28-6-2-5-27(32-28)20-23-9-13-26(31)14-10-23/h2,5-14,24H,3-4,15-21H2,1H3. The van der Waals surface area contributed by atoms with Crippen LogP contribution in [-0.4, -0.2) is 42.1 Å². The summed E-state index contributed by atoms with van der Waals surface area (Å²) >= 11 is 0. The zero-order valence-corrected chi connectivity index (χ0v) is 20.4. The molecule has 1 unspecified atom stereocenters. The van der Waals surface area contributed by atoms with E-state index >= 15 is 0 Å². The molecule has 2 saturated heterocycles. The molecule has 2 aliphatic heterocycles. The van der Waals surface area contributed by atoms with Gasteiger partial charge in [-0.1, -0.05) is 48.0 Å². The number of hydrogen-bond acceptors (Lipinski definition) is 3. The van der Waals surface area contributed by atoms with Crippen molar-refractivity contribution in [2.45, 2.75) is 50.4 Å². The van der Waals surface area contributed by atoms with Gasteiger partial charge in [0, 0.05) is 50.0 Å². The first-order valence-electron chi connectivity index (χ1n) is 12.7. The number of pyridine rings is 1. The van der Waals surface area contributed by atoms with Crippen LogP contribution in [0.4, 0.5) is 4.39 Å². The highest BCUT2D eigenvalue weighted by Gasteiger charge is 2.45. The number of aryl methyl sites for hydroxylation is 1. The average molecular weight is 473 g/mol. The van der Waals surface area contributed by atoms with Crippen molar-refractivity contribution in [3.05, 3.63) is 101 Å². The Morgan fingerprint density at radius 2 is 1.80 bits per heavy atom. The summed E-state index contributed by atoms with van der Waals surface area (Å²) in [6.07, 6.45) is 4.11. The average Bonchev–Trinajstić information content (AvgIpc) is 2.90. The first-order chi connectivity index (χ1) is 17.0. The molecular formula is C30H33FN2O2. The van der Waals surface area contributed by atoms with Crippen molar-refractivity contribution in [3.8, 4) is 0 Å². The Kier molecular flexibility index (Phi) is 6.96. The van der Waals surface area contributed by atoms with Crippen LogP contribution in [0.1, 0.15) is 59.7 Å². The fourth-order valence-electron chi connectivity index (χ4n) is 5.56. The molecule has 3 heterocycles. The molecule has 1 atom stereocenters. The molecule has 4 nitrogen and oxygen atoms in total. The molecule has 0 bridgehead atoms. The third-order valence-electron chi connectivity index (χ3n) is 7.61. The van der Waals surface area contributed by atoms with E-state index in [1.54, 1.807) is 0 Å². The van der Waals surface area contributed by atoms with Gasteiger partial charge >= 0.3 is 0 Å². The lowest BCUT2D eigenvalue weighted by Gasteiger charge is -2.42. The summed E-state index contributed by atoms with van der Waals surface area (Å²) < 4.78 is 18.9. The fourth-order valence-corrected chi connectivity index (χ4v) is 5.56. The minimum Gasteiger partial charge on any atom is -0.381 e. The molecule has 0 N–H and O–H groups in total. The van der Waals surface area contributed by atoms with Gasteiger partial charge in [0.25, 0.3) is 0 Å². The molecule has 1 aromatic heterocycles. The summed E-state index contributed by atoms with van der Waals surface area (Å²) in [7, 11) is 0. The van der Waals surface area contributed by atoms with Gasteiger partial charge in [0.05, 0.1) is 5.41 Å². The molecule has 0 saturated carbocycles. The predicted octanol–water partition coefficient (Wildman–Crippen LogP) is 5.57. The van der Waals surface area contributed by atoms with Crippen LogP contribution in [0.3, 0.4) is 0 Å². The number of nitrogens with zero attached hydrogens (tertiary/aromatic N) is 2. The molecule has 3 aromatic rings. The van der Waals surface area contributed by atoms with Crippen LogP contribution in [0.2, 0.25) is 0 Å². The molecule has 0 aliphatic carbocycles. The fraction of sp³-hybridized carbons (Fsp3) is 0.400. The number of ether oxygens (including phenoxy) is 1. The van der Waals surface area contributed by atoms with E-state index in [-0.39, 0.29) is 17.6 Å². The molecule has 0 spiro atoms. The van der Waals surface area contributed by atoms with Crippen molar-refractivity contribution in [2.75, 3.05) is 26.3 Å². The molecule has 35 heavy (non-hydrogen) atoms. The maximum absolute atomic E-state index is 14.1. The van der Waals surface area contributed by atoms with Crippen molar-refractivity contribution in [3.63, 3.8) is 0 Å². The molecule has 2 aliphatic rings. The molecule has 182 valence electrons. The number of amides is 1. The normalized spacial score (nSPS) is 19.9. The second kappa shape index (κ2) is 10.3. The van der Waals surface area contributed by atoms with Gasteiger partial charge in [0.15, 0.2) is 0 Å². The Morgan fingerprint density at radius 1 is 1.06 bits per heavy atom. The number of likely N-dealkylation sites (tertiary alicyclic amines) is 1. The topological polar surface area (TPSA) is 42.4 Å². The summed E-state index contributed by atoms with van der Waals surface area (Å²) in [5.41, 5.74) is 4.85. The van der Waals surface area contributed by atoms with Crippen molar-refractivity contribution in [1.29, 1.82) is 0 Å². The summed E-state index contributed by atoms with van der Waals surface area (Å²) in [6.45, 7) is 4.79. The molecule has 5 heteroatoms. The maximum Gasteiger partial charge on any atom is 0.233 e. The molecule has 5 rings (SSSR count). The van der Waals surface area contributed by atoms with Crippen LogP contribution in [0.15, 0.2) is 66.7 Å². The largest absolute Gasteiger partial charge is 0.381 e. The van der Waals surface area contributed by atoms with E-state index in [1.165, 1.54) is 17.7 Å². The Hall–Kier alpha value is -3.05. The van der Waals surface area contributed by atoms with Gasteiger partial charge < -0.3 is 9.64 Å². The van der Waals surface area contributed by atoms with E-state index in [0.717, 1.165) is 54.7 Å². The molecule has 1 amide bonds. The third kappa shape index (κ3) is 5.15. The highest BCUT2D eigenvalue weighted by molar-refractivity contribution is 5.88. The quantitative estimate of drug-likeness (QED) is 0.487. The van der Waals surface area contributed by atoms with Gasteiger partial charge in [0.1, 0.15) is 5.82 Å². The highest BCUT2D eigenvalue weighted by atomic mass is 19.1. The van der Waals surface area contributed by atoms with E-state index in [0.29, 0.717) is 26.2 Å². The Morgan fingerprint density at radius 3 is 2.54 bits per heavy atom. The summed E-state index contributed by atoms with van der Waals surface area (Å²) in [6, 6.07) is 21.2. The first kappa shape index (κ1) is 23.7. The van der Waals surface area contributed by atoms with Crippen LogP contribution in [-0.2, 0) is 21.4 Å². The van der Waals surface area contributed by atoms with E-state index in [1.807, 2.05) is 24.3 Å². The van der Waals surface area contributed by atoms with Crippen LogP contribution in [0.25, 0.3) is 0 Å². The molecule has 2 fully saturated rings. The third-order valence-corrected chi connectivity index (χ3v) is 7.61. The minimum atomic E-state index is -0.508. The number of hydrogen-bond donors (Lipinski definition) is 0. The number of benzene rings is 2. The second-order valence-electron chi connectivity index (χ2n) is 10.0. The Balaban J connectivity index is 1.35. The van der Waals surface area contributed by atoms with Crippen LogP contribution >= 0.6 is 0 Å². The second-order valence-corrected chi connectivity index (χ2v) is 10.0. The van der Waals surface area contributed by atoms with E-state index in [9.17, 15) is 9.18 Å². The van der Waals surface area contributed by atoms with Crippen LogP contribution in [0.5, 0.6) is 0 Å². The van der Waals surface area contributed by atoms with Crippen LogP contribution < -0.4 is 0 Å². The molecular weight excluding hydrogens is 439 g/mol. The number of halogens is 1. The number of rotatable bonds is 5. The predicted molar refractivity (Wildman–Crippen MR) is 135 cm³/mol. The number of piperidine rings is 1. The summed E-state index contributed by atoms with van der Waals surface area (Å²) in [4.78, 5) is 21.1. The van der Waals surface area contributed by atoms with Gasteiger partial charge in [-0.15, -0.1) is 0 Å². The lowest BCUT2D eigenvalue weighted by molar-refractivity contribution is -0.142. The Labute approximate surface area is 207 Å². The van der Waals surface area contributed by atoms with Crippen molar-refractivity contribution < 1.29 is 13.9 Å². The molecule has 2 aromatic carbocycles. The number of aromatic nitrogens is 1. The van der Waals surface area contributed by atoms with Crippen LogP contribution in [0, 0.1) is 12.7 Å². The van der Waals surface area contributed by atoms with Gasteiger partial charge in [-0.2, -0.15) is 0 Å². The summed E-state index contributed by atoms with van der Waals surface area (Å²) in [5, 5.41) is 0. The summed E-state index contributed by atoms with van der Waals surface area (Å²) in [5.74, 6) is 0.225. The van der Waals surface area contributed by atoms with E-state index in [2.05, 4.69) is 42.2 Å². The lowest BCUT2D eigenvalue weighted by Crippen LogP contribution is -2.52. The smallest absolute Gasteiger partial charge is 0.233 e. The van der Waals surface area contributed by atoms with Crippen molar-refractivity contribution in [1.82, 2.24) is 9.88 Å².